The van der Waals surface area contributed by atoms with E-state index in [0.29, 0.717) is 24.6 Å². The summed E-state index contributed by atoms with van der Waals surface area (Å²) in [5, 5.41) is 0.858. The highest BCUT2D eigenvalue weighted by atomic mass is 32.2. The zero-order valence-corrected chi connectivity index (χ0v) is 16.2. The first kappa shape index (κ1) is 19.6. The monoisotopic (exact) mass is 425 g/mol. The SMILES string of the molecule is CN(c1ncnc2[nH]ccc12)C1CC(CS(=O)(=O)c2cnccc2C(F)(F)F)C1. The van der Waals surface area contributed by atoms with Gasteiger partial charge in [-0.1, -0.05) is 0 Å². The van der Waals surface area contributed by atoms with Gasteiger partial charge in [-0.2, -0.15) is 13.2 Å². The molecule has 11 heteroatoms. The van der Waals surface area contributed by atoms with Gasteiger partial charge in [-0.05, 0) is 30.9 Å². The molecule has 1 aliphatic rings. The van der Waals surface area contributed by atoms with Crippen molar-refractivity contribution >= 4 is 26.7 Å². The van der Waals surface area contributed by atoms with Crippen molar-refractivity contribution in [2.75, 3.05) is 17.7 Å². The number of alkyl halides is 3. The lowest BCUT2D eigenvalue weighted by atomic mass is 9.81. The molecule has 1 N–H and O–H groups in total. The number of aromatic amines is 1. The van der Waals surface area contributed by atoms with Crippen molar-refractivity contribution in [1.29, 1.82) is 0 Å². The highest BCUT2D eigenvalue weighted by Gasteiger charge is 2.40. The molecule has 7 nitrogen and oxygen atoms in total. The second-order valence-corrected chi connectivity index (χ2v) is 9.19. The summed E-state index contributed by atoms with van der Waals surface area (Å²) in [7, 11) is -2.24. The van der Waals surface area contributed by atoms with Crippen LogP contribution in [0.3, 0.4) is 0 Å². The number of H-pyrrole nitrogens is 1. The van der Waals surface area contributed by atoms with Gasteiger partial charge in [0, 0.05) is 31.7 Å². The number of hydrogen-bond donors (Lipinski definition) is 1. The molecule has 3 heterocycles. The van der Waals surface area contributed by atoms with Crippen molar-refractivity contribution in [3.05, 3.63) is 42.6 Å². The molecule has 1 saturated carbocycles. The third-order valence-corrected chi connectivity index (χ3v) is 7.21. The Morgan fingerprint density at radius 2 is 2.00 bits per heavy atom. The molecule has 0 amide bonds. The zero-order valence-electron chi connectivity index (χ0n) is 15.4. The molecule has 0 radical (unpaired) electrons. The molecule has 3 aromatic rings. The van der Waals surface area contributed by atoms with Gasteiger partial charge in [0.05, 0.1) is 21.6 Å². The van der Waals surface area contributed by atoms with E-state index in [1.54, 1.807) is 6.20 Å². The number of nitrogens with one attached hydrogen (secondary N) is 1. The van der Waals surface area contributed by atoms with Crippen LogP contribution in [0.1, 0.15) is 18.4 Å². The van der Waals surface area contributed by atoms with E-state index in [-0.39, 0.29) is 17.7 Å². The Bertz CT molecular complexity index is 1140. The van der Waals surface area contributed by atoms with E-state index < -0.39 is 26.5 Å². The normalized spacial score (nSPS) is 19.9. The molecule has 1 aliphatic carbocycles. The minimum absolute atomic E-state index is 0.0548. The molecule has 0 atom stereocenters. The van der Waals surface area contributed by atoms with Gasteiger partial charge in [-0.25, -0.2) is 18.4 Å². The molecule has 1 fully saturated rings. The van der Waals surface area contributed by atoms with Gasteiger partial charge in [0.1, 0.15) is 17.8 Å². The van der Waals surface area contributed by atoms with Crippen LogP contribution >= 0.6 is 0 Å². The highest BCUT2D eigenvalue weighted by Crippen LogP contribution is 2.39. The van der Waals surface area contributed by atoms with Crippen LogP contribution in [0.4, 0.5) is 19.0 Å². The lowest BCUT2D eigenvalue weighted by molar-refractivity contribution is -0.140. The molecule has 0 spiro atoms. The average Bonchev–Trinajstić information content (AvgIpc) is 3.12. The number of halogens is 3. The van der Waals surface area contributed by atoms with E-state index >= 15 is 0 Å². The number of pyridine rings is 1. The predicted molar refractivity (Wildman–Crippen MR) is 100 cm³/mol. The largest absolute Gasteiger partial charge is 0.417 e. The van der Waals surface area contributed by atoms with Crippen LogP contribution in [0.2, 0.25) is 0 Å². The fourth-order valence-electron chi connectivity index (χ4n) is 3.73. The van der Waals surface area contributed by atoms with E-state index in [4.69, 9.17) is 0 Å². The number of anilines is 1. The summed E-state index contributed by atoms with van der Waals surface area (Å²) in [6.45, 7) is 0. The molecule has 0 saturated heterocycles. The number of fused-ring (bicyclic) bond motifs is 1. The number of rotatable bonds is 5. The van der Waals surface area contributed by atoms with Gasteiger partial charge in [0.2, 0.25) is 0 Å². The molecule has 154 valence electrons. The van der Waals surface area contributed by atoms with E-state index in [1.165, 1.54) is 6.33 Å². The zero-order chi connectivity index (χ0) is 20.8. The Hall–Kier alpha value is -2.69. The van der Waals surface area contributed by atoms with Crippen LogP contribution in [0.15, 0.2) is 41.9 Å². The highest BCUT2D eigenvalue weighted by molar-refractivity contribution is 7.91. The van der Waals surface area contributed by atoms with E-state index in [1.807, 2.05) is 18.0 Å². The van der Waals surface area contributed by atoms with Crippen LogP contribution in [-0.4, -0.2) is 47.2 Å². The number of hydrogen-bond acceptors (Lipinski definition) is 6. The Morgan fingerprint density at radius 3 is 2.72 bits per heavy atom. The van der Waals surface area contributed by atoms with Crippen molar-refractivity contribution in [3.63, 3.8) is 0 Å². The Labute approximate surface area is 164 Å². The van der Waals surface area contributed by atoms with Crippen LogP contribution in [0.5, 0.6) is 0 Å². The Morgan fingerprint density at radius 1 is 1.24 bits per heavy atom. The van der Waals surface area contributed by atoms with Crippen molar-refractivity contribution < 1.29 is 21.6 Å². The van der Waals surface area contributed by atoms with Gasteiger partial charge in [-0.15, -0.1) is 0 Å². The molecule has 0 aliphatic heterocycles. The van der Waals surface area contributed by atoms with Gasteiger partial charge in [0.15, 0.2) is 9.84 Å². The Kier molecular flexibility index (Phi) is 4.72. The minimum atomic E-state index is -4.75. The summed E-state index contributed by atoms with van der Waals surface area (Å²) in [5.41, 5.74) is -0.465. The molecule has 4 rings (SSSR count). The first-order chi connectivity index (χ1) is 13.7. The third kappa shape index (κ3) is 3.66. The smallest absolute Gasteiger partial charge is 0.356 e. The maximum atomic E-state index is 13.2. The summed E-state index contributed by atoms with van der Waals surface area (Å²) in [5.74, 6) is 0.168. The number of nitrogens with zero attached hydrogens (tertiary/aromatic N) is 4. The molecule has 3 aromatic heterocycles. The standard InChI is InChI=1S/C18H18F3N5O2S/c1-26(17-13-2-5-23-16(13)24-10-25-17)12-6-11(7-12)9-29(27,28)15-8-22-4-3-14(15)18(19,20)21/h2-5,8,10-12H,6-7,9H2,1H3,(H,23,24,25). The first-order valence-corrected chi connectivity index (χ1v) is 10.6. The predicted octanol–water partition coefficient (Wildman–Crippen LogP) is 3.06. The topological polar surface area (TPSA) is 91.8 Å². The lowest BCUT2D eigenvalue weighted by Gasteiger charge is -2.41. The third-order valence-electron chi connectivity index (χ3n) is 5.31. The number of aromatic nitrogens is 4. The van der Waals surface area contributed by atoms with Crippen molar-refractivity contribution in [2.24, 2.45) is 5.92 Å². The van der Waals surface area contributed by atoms with Crippen LogP contribution in [-0.2, 0) is 16.0 Å². The van der Waals surface area contributed by atoms with E-state index in [0.717, 1.165) is 23.6 Å². The fraction of sp³-hybridized carbons (Fsp3) is 0.389. The second kappa shape index (κ2) is 6.97. The lowest BCUT2D eigenvalue weighted by Crippen LogP contribution is -2.45. The summed E-state index contributed by atoms with van der Waals surface area (Å²) >= 11 is 0. The van der Waals surface area contributed by atoms with Crippen molar-refractivity contribution in [1.82, 2.24) is 19.9 Å². The van der Waals surface area contributed by atoms with Gasteiger partial charge >= 0.3 is 6.18 Å². The van der Waals surface area contributed by atoms with Crippen LogP contribution in [0, 0.1) is 5.92 Å². The Balaban J connectivity index is 1.47. The maximum absolute atomic E-state index is 13.2. The summed E-state index contributed by atoms with van der Waals surface area (Å²) in [6, 6.07) is 2.61. The summed E-state index contributed by atoms with van der Waals surface area (Å²) in [4.78, 5) is 16.3. The van der Waals surface area contributed by atoms with Crippen LogP contribution < -0.4 is 4.90 Å². The van der Waals surface area contributed by atoms with Crippen molar-refractivity contribution in [2.45, 2.75) is 30.0 Å². The summed E-state index contributed by atoms with van der Waals surface area (Å²) in [6.07, 6.45) is 1.29. The molecule has 29 heavy (non-hydrogen) atoms. The fourth-order valence-corrected chi connectivity index (χ4v) is 5.54. The molecular weight excluding hydrogens is 407 g/mol. The van der Waals surface area contributed by atoms with Crippen LogP contribution in [0.25, 0.3) is 11.0 Å². The first-order valence-electron chi connectivity index (χ1n) is 8.91. The number of sulfone groups is 1. The average molecular weight is 425 g/mol. The van der Waals surface area contributed by atoms with E-state index in [9.17, 15) is 21.6 Å². The van der Waals surface area contributed by atoms with Gasteiger partial charge in [-0.3, -0.25) is 4.98 Å². The van der Waals surface area contributed by atoms with E-state index in [2.05, 4.69) is 19.9 Å². The van der Waals surface area contributed by atoms with Gasteiger partial charge < -0.3 is 9.88 Å². The second-order valence-electron chi connectivity index (χ2n) is 7.19. The molecule has 0 aromatic carbocycles. The minimum Gasteiger partial charge on any atom is -0.356 e. The molecular formula is C18H18F3N5O2S. The molecule has 0 bridgehead atoms. The maximum Gasteiger partial charge on any atom is 0.417 e. The summed E-state index contributed by atoms with van der Waals surface area (Å²) < 4.78 is 64.7. The van der Waals surface area contributed by atoms with Gasteiger partial charge in [0.25, 0.3) is 0 Å². The quantitative estimate of drug-likeness (QED) is 0.676. The molecule has 0 unspecified atom stereocenters. The van der Waals surface area contributed by atoms with Crippen molar-refractivity contribution in [3.8, 4) is 0 Å².